The molecule has 2 rings (SSSR count). The third-order valence-electron chi connectivity index (χ3n) is 3.01. The van der Waals surface area contributed by atoms with Crippen molar-refractivity contribution < 1.29 is 17.6 Å². The Morgan fingerprint density at radius 2 is 1.05 bits per heavy atom. The van der Waals surface area contributed by atoms with Gasteiger partial charge in [-0.2, -0.15) is 0 Å². The maximum Gasteiger partial charge on any atom is 0.192 e. The van der Waals surface area contributed by atoms with Gasteiger partial charge in [-0.1, -0.05) is 10.9 Å². The highest BCUT2D eigenvalue weighted by Gasteiger charge is 2.13. The molecule has 0 amide bonds. The number of rotatable bonds is 2. The van der Waals surface area contributed by atoms with Crippen LogP contribution >= 0.6 is 0 Å². The molecular weight excluding hydrogens is 255 g/mol. The summed E-state index contributed by atoms with van der Waals surface area (Å²) in [6, 6.07) is 3.79. The predicted molar refractivity (Wildman–Crippen MR) is 67.2 cm³/mol. The highest BCUT2D eigenvalue weighted by molar-refractivity contribution is 6.68. The van der Waals surface area contributed by atoms with Crippen molar-refractivity contribution in [3.8, 4) is 0 Å². The van der Waals surface area contributed by atoms with Crippen molar-refractivity contribution in [1.82, 2.24) is 0 Å². The van der Waals surface area contributed by atoms with Gasteiger partial charge in [-0.3, -0.25) is 0 Å². The van der Waals surface area contributed by atoms with Crippen LogP contribution in [0.1, 0.15) is 11.1 Å². The molecule has 0 saturated heterocycles. The van der Waals surface area contributed by atoms with E-state index in [9.17, 15) is 17.6 Å². The van der Waals surface area contributed by atoms with Crippen molar-refractivity contribution in [3.05, 3.63) is 58.7 Å². The van der Waals surface area contributed by atoms with Crippen LogP contribution in [0.2, 0.25) is 0 Å². The number of halogens is 4. The van der Waals surface area contributed by atoms with E-state index in [1.54, 1.807) is 0 Å². The van der Waals surface area contributed by atoms with Gasteiger partial charge >= 0.3 is 0 Å². The smallest absolute Gasteiger partial charge is 0.192 e. The van der Waals surface area contributed by atoms with E-state index in [4.69, 9.17) is 0 Å². The van der Waals surface area contributed by atoms with Gasteiger partial charge in [-0.05, 0) is 37.1 Å². The van der Waals surface area contributed by atoms with Gasteiger partial charge in [-0.15, -0.1) is 0 Å². The molecule has 1 radical (unpaired) electrons. The lowest BCUT2D eigenvalue weighted by atomic mass is 9.61. The molecule has 0 spiro atoms. The molecule has 0 heterocycles. The summed E-state index contributed by atoms with van der Waals surface area (Å²) in [6.45, 7) is 2.96. The molecule has 2 aromatic carbocycles. The van der Waals surface area contributed by atoms with Crippen molar-refractivity contribution in [2.45, 2.75) is 13.8 Å². The molecule has 0 unspecified atom stereocenters. The molecule has 0 aliphatic carbocycles. The Kier molecular flexibility index (Phi) is 3.65. The molecule has 19 heavy (non-hydrogen) atoms. The first-order valence-electron chi connectivity index (χ1n) is 5.64. The summed E-state index contributed by atoms with van der Waals surface area (Å²) in [7, 11) is 1.36. The first-order valence-corrected chi connectivity index (χ1v) is 5.64. The van der Waals surface area contributed by atoms with E-state index in [-0.39, 0.29) is 22.1 Å². The average Bonchev–Trinajstić information content (AvgIpc) is 2.31. The molecule has 97 valence electrons. The van der Waals surface area contributed by atoms with Gasteiger partial charge in [0, 0.05) is 12.1 Å². The van der Waals surface area contributed by atoms with Crippen molar-refractivity contribution >= 4 is 18.2 Å². The van der Waals surface area contributed by atoms with Crippen LogP contribution in [-0.4, -0.2) is 7.28 Å². The lowest BCUT2D eigenvalue weighted by Crippen LogP contribution is -2.32. The monoisotopic (exact) mass is 265 g/mol. The highest BCUT2D eigenvalue weighted by atomic mass is 19.1. The van der Waals surface area contributed by atoms with E-state index in [0.717, 1.165) is 24.3 Å². The molecule has 0 atom stereocenters. The number of benzene rings is 2. The van der Waals surface area contributed by atoms with Crippen LogP contribution in [0.4, 0.5) is 17.6 Å². The molecule has 0 aliphatic heterocycles. The normalized spacial score (nSPS) is 10.6. The predicted octanol–water partition coefficient (Wildman–Crippen LogP) is 2.51. The summed E-state index contributed by atoms with van der Waals surface area (Å²) in [4.78, 5) is 0. The van der Waals surface area contributed by atoms with Gasteiger partial charge in [-0.25, -0.2) is 17.6 Å². The quantitative estimate of drug-likeness (QED) is 0.578. The number of hydrogen-bond donors (Lipinski definition) is 0. The second kappa shape index (κ2) is 5.07. The molecule has 5 heteroatoms. The van der Waals surface area contributed by atoms with Crippen molar-refractivity contribution in [3.63, 3.8) is 0 Å². The molecule has 2 aromatic rings. The second-order valence-corrected chi connectivity index (χ2v) is 4.35. The van der Waals surface area contributed by atoms with Crippen LogP contribution in [0.3, 0.4) is 0 Å². The fourth-order valence-corrected chi connectivity index (χ4v) is 1.80. The van der Waals surface area contributed by atoms with Crippen molar-refractivity contribution in [1.29, 1.82) is 0 Å². The minimum absolute atomic E-state index is 0.227. The van der Waals surface area contributed by atoms with Crippen LogP contribution < -0.4 is 10.9 Å². The zero-order valence-corrected chi connectivity index (χ0v) is 10.4. The zero-order chi connectivity index (χ0) is 14.2. The van der Waals surface area contributed by atoms with Crippen molar-refractivity contribution in [2.24, 2.45) is 0 Å². The average molecular weight is 265 g/mol. The third kappa shape index (κ3) is 2.80. The van der Waals surface area contributed by atoms with Gasteiger partial charge in [0.05, 0.1) is 0 Å². The Labute approximate surface area is 109 Å². The fourth-order valence-electron chi connectivity index (χ4n) is 1.80. The Morgan fingerprint density at radius 3 is 1.42 bits per heavy atom. The number of hydrogen-bond acceptors (Lipinski definition) is 0. The first kappa shape index (κ1) is 13.7. The molecule has 0 fully saturated rings. The van der Waals surface area contributed by atoms with E-state index < -0.39 is 23.3 Å². The molecule has 0 bridgehead atoms. The van der Waals surface area contributed by atoms with E-state index in [1.807, 2.05) is 0 Å². The Morgan fingerprint density at radius 1 is 0.684 bits per heavy atom. The molecule has 0 aromatic heterocycles. The largest absolute Gasteiger partial charge is 0.207 e. The van der Waals surface area contributed by atoms with Gasteiger partial charge in [0.2, 0.25) is 0 Å². The minimum Gasteiger partial charge on any atom is -0.207 e. The Balaban J connectivity index is 2.47. The fraction of sp³-hybridized carbons (Fsp3) is 0.143. The van der Waals surface area contributed by atoms with E-state index in [2.05, 4.69) is 0 Å². The third-order valence-corrected chi connectivity index (χ3v) is 3.01. The highest BCUT2D eigenvalue weighted by Crippen LogP contribution is 2.08. The minimum atomic E-state index is -0.733. The summed E-state index contributed by atoms with van der Waals surface area (Å²) in [5.41, 5.74) is 0.965. The van der Waals surface area contributed by atoms with Crippen LogP contribution in [0.5, 0.6) is 0 Å². The molecule has 0 aliphatic rings. The van der Waals surface area contributed by atoms with E-state index in [1.165, 1.54) is 21.1 Å². The second-order valence-electron chi connectivity index (χ2n) is 4.35. The summed E-state index contributed by atoms with van der Waals surface area (Å²) < 4.78 is 53.1. The van der Waals surface area contributed by atoms with Crippen molar-refractivity contribution in [2.75, 3.05) is 0 Å². The van der Waals surface area contributed by atoms with Crippen LogP contribution in [0.25, 0.3) is 0 Å². The van der Waals surface area contributed by atoms with Gasteiger partial charge in [0.1, 0.15) is 23.3 Å². The SMILES string of the molecule is Cc1c(F)cc(F)cc1[B]c1cc(F)cc(F)c1C. The molecular formula is C14H10BF4. The summed E-state index contributed by atoms with van der Waals surface area (Å²) >= 11 is 0. The first-order chi connectivity index (χ1) is 8.88. The maximum absolute atomic E-state index is 13.4. The molecule has 0 nitrogen and oxygen atoms in total. The van der Waals surface area contributed by atoms with E-state index in [0.29, 0.717) is 0 Å². The lowest BCUT2D eigenvalue weighted by molar-refractivity contribution is 0.579. The van der Waals surface area contributed by atoms with Gasteiger partial charge in [0.15, 0.2) is 7.28 Å². The van der Waals surface area contributed by atoms with Crippen LogP contribution in [0, 0.1) is 37.1 Å². The van der Waals surface area contributed by atoms with Gasteiger partial charge < -0.3 is 0 Å². The summed E-state index contributed by atoms with van der Waals surface area (Å²) in [5.74, 6) is -2.85. The maximum atomic E-state index is 13.4. The Hall–Kier alpha value is -1.78. The Bertz CT molecular complexity index is 582. The summed E-state index contributed by atoms with van der Waals surface area (Å²) in [5, 5.41) is 0. The lowest BCUT2D eigenvalue weighted by Gasteiger charge is -2.09. The van der Waals surface area contributed by atoms with E-state index >= 15 is 0 Å². The molecule has 0 N–H and O–H groups in total. The zero-order valence-electron chi connectivity index (χ0n) is 10.4. The van der Waals surface area contributed by atoms with Crippen LogP contribution in [0.15, 0.2) is 24.3 Å². The topological polar surface area (TPSA) is 0 Å². The summed E-state index contributed by atoms with van der Waals surface area (Å²) in [6.07, 6.45) is 0. The van der Waals surface area contributed by atoms with Crippen LogP contribution in [-0.2, 0) is 0 Å². The van der Waals surface area contributed by atoms with Gasteiger partial charge in [0.25, 0.3) is 0 Å². The standard InChI is InChI=1S/C14H10BF4/c1-7-11(3-9(16)5-13(7)18)15-12-4-10(17)6-14(19)8(12)2/h3-6H,1-2H3. The molecule has 0 saturated carbocycles.